The minimum Gasteiger partial charge on any atom is -0.330 e. The van der Waals surface area contributed by atoms with E-state index >= 15 is 0 Å². The molecule has 1 aliphatic rings. The van der Waals surface area contributed by atoms with Crippen LogP contribution >= 0.6 is 0 Å². The van der Waals surface area contributed by atoms with Crippen LogP contribution in [-0.2, 0) is 9.59 Å². The molecule has 0 aliphatic carbocycles. The van der Waals surface area contributed by atoms with E-state index in [-0.39, 0.29) is 23.8 Å². The van der Waals surface area contributed by atoms with Crippen LogP contribution in [0.2, 0.25) is 0 Å². The van der Waals surface area contributed by atoms with Gasteiger partial charge in [-0.3, -0.25) is 14.2 Å². The van der Waals surface area contributed by atoms with Crippen LogP contribution in [0.5, 0.6) is 0 Å². The van der Waals surface area contributed by atoms with Crippen LogP contribution in [0, 0.1) is 5.92 Å². The number of carbonyl (C=O) groups excluding carboxylic acids is 2. The summed E-state index contributed by atoms with van der Waals surface area (Å²) in [6.07, 6.45) is 3.37. The number of fused-ring (bicyclic) bond motifs is 1. The Hall–Kier alpha value is -3.15. The van der Waals surface area contributed by atoms with Gasteiger partial charge in [0, 0.05) is 23.8 Å². The molecule has 1 aromatic heterocycles. The zero-order chi connectivity index (χ0) is 19.7. The Morgan fingerprint density at radius 3 is 2.61 bits per heavy atom. The number of para-hydroxylation sites is 2. The van der Waals surface area contributed by atoms with Gasteiger partial charge < -0.3 is 10.2 Å². The summed E-state index contributed by atoms with van der Waals surface area (Å²) >= 11 is 0. The Labute approximate surface area is 164 Å². The molecule has 1 atom stereocenters. The molecule has 2 aromatic carbocycles. The molecule has 1 aliphatic heterocycles. The van der Waals surface area contributed by atoms with Crippen molar-refractivity contribution in [1.29, 1.82) is 0 Å². The minimum atomic E-state index is -0.382. The minimum absolute atomic E-state index is 0.0417. The van der Waals surface area contributed by atoms with Crippen LogP contribution in [0.4, 0.5) is 5.69 Å². The molecule has 28 heavy (non-hydrogen) atoms. The van der Waals surface area contributed by atoms with Gasteiger partial charge in [0.05, 0.1) is 11.0 Å². The Morgan fingerprint density at radius 2 is 1.86 bits per heavy atom. The van der Waals surface area contributed by atoms with Crippen LogP contribution in [0.3, 0.4) is 0 Å². The Morgan fingerprint density at radius 1 is 1.11 bits per heavy atom. The van der Waals surface area contributed by atoms with Gasteiger partial charge in [0.2, 0.25) is 11.8 Å². The summed E-state index contributed by atoms with van der Waals surface area (Å²) in [4.78, 5) is 31.2. The third-order valence-electron chi connectivity index (χ3n) is 5.20. The van der Waals surface area contributed by atoms with E-state index < -0.39 is 0 Å². The molecule has 3 aromatic rings. The van der Waals surface area contributed by atoms with E-state index in [0.717, 1.165) is 28.8 Å². The summed E-state index contributed by atoms with van der Waals surface area (Å²) < 4.78 is 2.01. The van der Waals surface area contributed by atoms with Gasteiger partial charge in [0.1, 0.15) is 12.4 Å². The second kappa shape index (κ2) is 7.46. The highest BCUT2D eigenvalue weighted by molar-refractivity contribution is 5.97. The van der Waals surface area contributed by atoms with Crippen molar-refractivity contribution in [3.63, 3.8) is 0 Å². The molecule has 2 amide bonds. The molecular weight excluding hydrogens is 352 g/mol. The first kappa shape index (κ1) is 18.2. The molecule has 1 N–H and O–H groups in total. The number of nitrogens with one attached hydrogen (secondary N) is 1. The van der Waals surface area contributed by atoms with Gasteiger partial charge in [-0.25, -0.2) is 4.98 Å². The molecule has 0 bridgehead atoms. The first-order chi connectivity index (χ1) is 13.5. The van der Waals surface area contributed by atoms with Crippen LogP contribution in [0.15, 0.2) is 54.9 Å². The maximum atomic E-state index is 12.7. The first-order valence-corrected chi connectivity index (χ1v) is 9.68. The number of hydrogen-bond acceptors (Lipinski definition) is 3. The standard InChI is InChI=1S/C22H24N4O2/c1-15(2)22(28)25-13-5-8-20(25)21(27)24-16-9-11-17(12-10-16)26-14-23-18-6-3-4-7-19(18)26/h3-4,6-7,9-12,14-15,20H,5,8,13H2,1-2H3,(H,24,27). The fraction of sp³-hybridized carbons (Fsp3) is 0.318. The summed E-state index contributed by atoms with van der Waals surface area (Å²) in [6, 6.07) is 15.2. The maximum absolute atomic E-state index is 12.7. The summed E-state index contributed by atoms with van der Waals surface area (Å²) in [6.45, 7) is 4.39. The fourth-order valence-electron chi connectivity index (χ4n) is 3.73. The predicted octanol–water partition coefficient (Wildman–Crippen LogP) is 3.61. The van der Waals surface area contributed by atoms with Crippen molar-refractivity contribution in [2.45, 2.75) is 32.7 Å². The average molecular weight is 376 g/mol. The number of imidazole rings is 1. The molecule has 0 radical (unpaired) electrons. The highest BCUT2D eigenvalue weighted by Crippen LogP contribution is 2.23. The van der Waals surface area contributed by atoms with Crippen molar-refractivity contribution >= 4 is 28.5 Å². The SMILES string of the molecule is CC(C)C(=O)N1CCCC1C(=O)Nc1ccc(-n2cnc3ccccc32)cc1. The smallest absolute Gasteiger partial charge is 0.247 e. The molecular formula is C22H24N4O2. The van der Waals surface area contributed by atoms with Crippen molar-refractivity contribution in [3.8, 4) is 5.69 Å². The Balaban J connectivity index is 1.49. The number of benzene rings is 2. The number of nitrogens with zero attached hydrogens (tertiary/aromatic N) is 3. The fourth-order valence-corrected chi connectivity index (χ4v) is 3.73. The van der Waals surface area contributed by atoms with Gasteiger partial charge in [0.15, 0.2) is 0 Å². The highest BCUT2D eigenvalue weighted by Gasteiger charge is 2.34. The summed E-state index contributed by atoms with van der Waals surface area (Å²) in [5.41, 5.74) is 3.68. The normalized spacial score (nSPS) is 16.7. The lowest BCUT2D eigenvalue weighted by atomic mass is 10.1. The number of hydrogen-bond donors (Lipinski definition) is 1. The molecule has 1 fully saturated rings. The number of aromatic nitrogens is 2. The van der Waals surface area contributed by atoms with E-state index in [1.165, 1.54) is 0 Å². The highest BCUT2D eigenvalue weighted by atomic mass is 16.2. The van der Waals surface area contributed by atoms with Gasteiger partial charge in [0.25, 0.3) is 0 Å². The number of rotatable bonds is 4. The van der Waals surface area contributed by atoms with Gasteiger partial charge in [-0.1, -0.05) is 26.0 Å². The lowest BCUT2D eigenvalue weighted by Gasteiger charge is -2.25. The molecule has 4 rings (SSSR count). The van der Waals surface area contributed by atoms with Crippen LogP contribution < -0.4 is 5.32 Å². The first-order valence-electron chi connectivity index (χ1n) is 9.68. The maximum Gasteiger partial charge on any atom is 0.247 e. The molecule has 6 heteroatoms. The van der Waals surface area contributed by atoms with Crippen LogP contribution in [0.1, 0.15) is 26.7 Å². The number of carbonyl (C=O) groups is 2. The van der Waals surface area contributed by atoms with E-state index in [0.29, 0.717) is 13.0 Å². The predicted molar refractivity (Wildman–Crippen MR) is 109 cm³/mol. The summed E-state index contributed by atoms with van der Waals surface area (Å²) in [5.74, 6) is -0.176. The molecule has 6 nitrogen and oxygen atoms in total. The van der Waals surface area contributed by atoms with Crippen LogP contribution in [-0.4, -0.2) is 38.9 Å². The summed E-state index contributed by atoms with van der Waals surface area (Å²) in [7, 11) is 0. The van der Waals surface area contributed by atoms with Crippen LogP contribution in [0.25, 0.3) is 16.7 Å². The third kappa shape index (κ3) is 3.38. The zero-order valence-electron chi connectivity index (χ0n) is 16.1. The average Bonchev–Trinajstić information content (AvgIpc) is 3.35. The van der Waals surface area contributed by atoms with E-state index in [4.69, 9.17) is 0 Å². The quantitative estimate of drug-likeness (QED) is 0.756. The zero-order valence-corrected chi connectivity index (χ0v) is 16.1. The largest absolute Gasteiger partial charge is 0.330 e. The molecule has 0 spiro atoms. The van der Waals surface area contributed by atoms with Crippen molar-refractivity contribution in [3.05, 3.63) is 54.9 Å². The van der Waals surface area contributed by atoms with E-state index in [2.05, 4.69) is 10.3 Å². The summed E-state index contributed by atoms with van der Waals surface area (Å²) in [5, 5.41) is 2.96. The second-order valence-electron chi connectivity index (χ2n) is 7.48. The third-order valence-corrected chi connectivity index (χ3v) is 5.20. The number of likely N-dealkylation sites (tertiary alicyclic amines) is 1. The number of amides is 2. The molecule has 1 saturated heterocycles. The van der Waals surface area contributed by atoms with E-state index in [9.17, 15) is 9.59 Å². The van der Waals surface area contributed by atoms with Crippen molar-refractivity contribution < 1.29 is 9.59 Å². The molecule has 1 unspecified atom stereocenters. The molecule has 144 valence electrons. The van der Waals surface area contributed by atoms with E-state index in [1.807, 2.05) is 66.9 Å². The van der Waals surface area contributed by atoms with Gasteiger partial charge >= 0.3 is 0 Å². The second-order valence-corrected chi connectivity index (χ2v) is 7.48. The molecule has 0 saturated carbocycles. The van der Waals surface area contributed by atoms with Gasteiger partial charge in [-0.2, -0.15) is 0 Å². The van der Waals surface area contributed by atoms with E-state index in [1.54, 1.807) is 11.2 Å². The lowest BCUT2D eigenvalue weighted by Crippen LogP contribution is -2.44. The Kier molecular flexibility index (Phi) is 4.86. The number of anilines is 1. The van der Waals surface area contributed by atoms with Gasteiger partial charge in [-0.15, -0.1) is 0 Å². The lowest BCUT2D eigenvalue weighted by molar-refractivity contribution is -0.139. The monoisotopic (exact) mass is 376 g/mol. The Bertz CT molecular complexity index is 1010. The van der Waals surface area contributed by atoms with Crippen molar-refractivity contribution in [2.24, 2.45) is 5.92 Å². The topological polar surface area (TPSA) is 67.2 Å². The van der Waals surface area contributed by atoms with Crippen molar-refractivity contribution in [2.75, 3.05) is 11.9 Å². The molecule has 2 heterocycles. The van der Waals surface area contributed by atoms with Crippen molar-refractivity contribution in [1.82, 2.24) is 14.5 Å². The van der Waals surface area contributed by atoms with Gasteiger partial charge in [-0.05, 0) is 49.2 Å².